The number of phenolic OH excluding ortho intramolecular Hbond substituents is 2. The molecule has 2 saturated carbocycles. The first-order valence-corrected chi connectivity index (χ1v) is 22.2. The lowest BCUT2D eigenvalue weighted by Crippen LogP contribution is -2.53. The van der Waals surface area contributed by atoms with E-state index >= 15 is 0 Å². The minimum Gasteiger partial charge on any atom is -0.508 e. The molecule has 330 valence electrons. The molecule has 9 nitrogen and oxygen atoms in total. The molecule has 1 aromatic rings. The van der Waals surface area contributed by atoms with Gasteiger partial charge < -0.3 is 30.3 Å². The van der Waals surface area contributed by atoms with Crippen molar-refractivity contribution in [2.75, 3.05) is 13.2 Å². The van der Waals surface area contributed by atoms with E-state index < -0.39 is 30.1 Å². The van der Waals surface area contributed by atoms with Gasteiger partial charge in [0.05, 0.1) is 18.3 Å². The van der Waals surface area contributed by atoms with Crippen molar-refractivity contribution in [2.45, 2.75) is 151 Å². The zero-order valence-electron chi connectivity index (χ0n) is 37.7. The van der Waals surface area contributed by atoms with Crippen molar-refractivity contribution < 1.29 is 44.7 Å². The molecule has 0 unspecified atom stereocenters. The third-order valence-corrected chi connectivity index (χ3v) is 15.8. The van der Waals surface area contributed by atoms with Gasteiger partial charge in [-0.3, -0.25) is 9.59 Å². The molecule has 9 heteroatoms. The number of aliphatic hydroxyl groups is 3. The lowest BCUT2D eigenvalue weighted by Gasteiger charge is -2.59. The zero-order valence-corrected chi connectivity index (χ0v) is 37.7. The first kappa shape index (κ1) is 47.3. The van der Waals surface area contributed by atoms with Crippen molar-refractivity contribution in [1.82, 2.24) is 0 Å². The molecule has 5 N–H and O–H groups in total. The van der Waals surface area contributed by atoms with E-state index in [1.165, 1.54) is 30.2 Å². The molecule has 5 rings (SSSR count). The highest BCUT2D eigenvalue weighted by Crippen LogP contribution is 2.71. The Balaban J connectivity index is 1.23. The van der Waals surface area contributed by atoms with Gasteiger partial charge in [-0.05, 0) is 161 Å². The molecular weight excluding hydrogens is 757 g/mol. The molecule has 2 fully saturated rings. The fourth-order valence-electron chi connectivity index (χ4n) is 11.5. The van der Waals surface area contributed by atoms with Crippen LogP contribution in [-0.2, 0) is 14.3 Å². The number of esters is 1. The molecule has 4 aliphatic carbocycles. The normalized spacial score (nSPS) is 29.9. The van der Waals surface area contributed by atoms with Crippen LogP contribution in [0.4, 0.5) is 0 Å². The quantitative estimate of drug-likeness (QED) is 0.0339. The highest BCUT2D eigenvalue weighted by atomic mass is 16.5. The van der Waals surface area contributed by atoms with E-state index in [1.807, 2.05) is 26.0 Å². The molecule has 0 aromatic heterocycles. The standard InChI is InChI=1S/C51H72O9/c1-32(12-10-14-33(2)30-52)13-11-15-35(28-42(55)37-29-36(53)17-19-41(37)54)46(58)60-31-51(9,59)45(57)21-16-34(3)38-22-26-50(8)40-18-20-43-47(4,5)44(56)24-25-48(43,6)39(40)23-27-49(38,50)7/h13-14,17-19,23,28-29,34,38,43,45,52-54,57,59H,10-12,15-16,20-22,24-27,30-31H2,1-9H3/b32-13+,33-14+,35-28-/t34-,38-,43+,45+,48-,49-,50+,51+/m1/s1. The number of allylic oxidation sites excluding steroid dienone is 8. The molecule has 4 aliphatic rings. The Kier molecular flexibility index (Phi) is 14.4. The number of aromatic hydroxyl groups is 2. The lowest BCUT2D eigenvalue weighted by atomic mass is 9.44. The van der Waals surface area contributed by atoms with Gasteiger partial charge in [0, 0.05) is 17.4 Å². The summed E-state index contributed by atoms with van der Waals surface area (Å²) in [6.07, 6.45) is 17.5. The van der Waals surface area contributed by atoms with E-state index in [1.54, 1.807) is 0 Å². The number of hydrogen-bond acceptors (Lipinski definition) is 9. The van der Waals surface area contributed by atoms with E-state index in [0.29, 0.717) is 43.3 Å². The van der Waals surface area contributed by atoms with Crippen LogP contribution in [0, 0.1) is 39.4 Å². The summed E-state index contributed by atoms with van der Waals surface area (Å²) in [6, 6.07) is 3.58. The van der Waals surface area contributed by atoms with Crippen LogP contribution in [-0.4, -0.2) is 68.0 Å². The summed E-state index contributed by atoms with van der Waals surface area (Å²) in [5.41, 5.74) is 2.71. The van der Waals surface area contributed by atoms with Crippen LogP contribution in [0.3, 0.4) is 0 Å². The average Bonchev–Trinajstić information content (AvgIpc) is 3.48. The van der Waals surface area contributed by atoms with Crippen LogP contribution in [0.15, 0.2) is 76.4 Å². The fourth-order valence-corrected chi connectivity index (χ4v) is 11.5. The number of ether oxygens (including phenoxy) is 1. The number of fused-ring (bicyclic) bond motifs is 5. The summed E-state index contributed by atoms with van der Waals surface area (Å²) in [4.78, 5) is 39.8. The number of rotatable bonds is 17. The van der Waals surface area contributed by atoms with Crippen LogP contribution in [0.2, 0.25) is 0 Å². The third-order valence-electron chi connectivity index (χ3n) is 15.8. The molecule has 8 atom stereocenters. The molecular formula is C51H72O9. The summed E-state index contributed by atoms with van der Waals surface area (Å²) < 4.78 is 5.60. The van der Waals surface area contributed by atoms with Gasteiger partial charge in [0.25, 0.3) is 0 Å². The highest BCUT2D eigenvalue weighted by molar-refractivity contribution is 6.10. The molecule has 0 heterocycles. The molecule has 0 aliphatic heterocycles. The van der Waals surface area contributed by atoms with E-state index in [0.717, 1.165) is 68.2 Å². The van der Waals surface area contributed by atoms with Gasteiger partial charge in [-0.2, -0.15) is 0 Å². The Hall–Kier alpha value is -3.79. The smallest absolute Gasteiger partial charge is 0.334 e. The van der Waals surface area contributed by atoms with E-state index in [9.17, 15) is 39.9 Å². The number of phenols is 2. The summed E-state index contributed by atoms with van der Waals surface area (Å²) in [5, 5.41) is 52.3. The predicted molar refractivity (Wildman–Crippen MR) is 235 cm³/mol. The first-order chi connectivity index (χ1) is 28.0. The van der Waals surface area contributed by atoms with Gasteiger partial charge >= 0.3 is 5.97 Å². The van der Waals surface area contributed by atoms with Gasteiger partial charge in [-0.1, -0.05) is 77.0 Å². The summed E-state index contributed by atoms with van der Waals surface area (Å²) >= 11 is 0. The summed E-state index contributed by atoms with van der Waals surface area (Å²) in [6.45, 7) is 18.6. The van der Waals surface area contributed by atoms with Gasteiger partial charge in [0.1, 0.15) is 29.5 Å². The minimum atomic E-state index is -1.75. The molecule has 0 amide bonds. The van der Waals surface area contributed by atoms with Crippen LogP contribution < -0.4 is 0 Å². The van der Waals surface area contributed by atoms with Crippen molar-refractivity contribution in [2.24, 2.45) is 39.4 Å². The number of benzene rings is 1. The topological polar surface area (TPSA) is 162 Å². The minimum absolute atomic E-state index is 0.00537. The second kappa shape index (κ2) is 18.3. The number of ketones is 2. The molecule has 0 bridgehead atoms. The molecule has 1 aromatic carbocycles. The lowest BCUT2D eigenvalue weighted by molar-refractivity contribution is -0.155. The third kappa shape index (κ3) is 9.34. The van der Waals surface area contributed by atoms with Gasteiger partial charge in [0.2, 0.25) is 0 Å². The van der Waals surface area contributed by atoms with Crippen LogP contribution >= 0.6 is 0 Å². The monoisotopic (exact) mass is 829 g/mol. The Morgan fingerprint density at radius 2 is 1.65 bits per heavy atom. The second-order valence-corrected chi connectivity index (χ2v) is 20.3. The largest absolute Gasteiger partial charge is 0.508 e. The predicted octanol–water partition coefficient (Wildman–Crippen LogP) is 9.82. The SMILES string of the molecule is C/C(=C\CC/C(C)=C/CC/C(=C/C(=O)c1cc(O)ccc1O)C(=O)OC[C@](C)(O)[C@@H](O)CC[C@@H](C)[C@H]1CC[C@@]2(C)C3=CC[C@H]4C(C)(C)C(=O)CC[C@]4(C)C3=CC[C@]12C)CO. The fraction of sp³-hybridized carbons (Fsp3) is 0.627. The molecule has 0 saturated heterocycles. The number of Topliss-reactive ketones (excluding diaryl/α,β-unsaturated/α-hetero) is 1. The average molecular weight is 829 g/mol. The van der Waals surface area contributed by atoms with E-state index in [-0.39, 0.29) is 63.2 Å². The van der Waals surface area contributed by atoms with Crippen molar-refractivity contribution in [3.05, 3.63) is 82.0 Å². The Labute approximate surface area is 358 Å². The van der Waals surface area contributed by atoms with Crippen molar-refractivity contribution in [3.8, 4) is 11.5 Å². The van der Waals surface area contributed by atoms with Crippen molar-refractivity contribution >= 4 is 17.5 Å². The summed E-state index contributed by atoms with van der Waals surface area (Å²) in [7, 11) is 0. The maximum absolute atomic E-state index is 13.5. The Bertz CT molecular complexity index is 1960. The Morgan fingerprint density at radius 3 is 2.35 bits per heavy atom. The number of aliphatic hydroxyl groups excluding tert-OH is 2. The maximum atomic E-state index is 13.5. The second-order valence-electron chi connectivity index (χ2n) is 20.3. The number of carbonyl (C=O) groups is 3. The summed E-state index contributed by atoms with van der Waals surface area (Å²) in [5.74, 6) is -0.707. The Morgan fingerprint density at radius 1 is 0.967 bits per heavy atom. The van der Waals surface area contributed by atoms with Gasteiger partial charge in [-0.25, -0.2) is 4.79 Å². The molecule has 0 radical (unpaired) electrons. The van der Waals surface area contributed by atoms with E-state index in [4.69, 9.17) is 4.74 Å². The maximum Gasteiger partial charge on any atom is 0.334 e. The van der Waals surface area contributed by atoms with E-state index in [2.05, 4.69) is 53.7 Å². The van der Waals surface area contributed by atoms with Crippen molar-refractivity contribution in [3.63, 3.8) is 0 Å². The van der Waals surface area contributed by atoms with Gasteiger partial charge in [0.15, 0.2) is 5.78 Å². The van der Waals surface area contributed by atoms with Crippen LogP contribution in [0.1, 0.15) is 150 Å². The van der Waals surface area contributed by atoms with Gasteiger partial charge in [-0.15, -0.1) is 0 Å². The number of carbonyl (C=O) groups excluding carboxylic acids is 3. The van der Waals surface area contributed by atoms with Crippen molar-refractivity contribution in [1.29, 1.82) is 0 Å². The molecule has 0 spiro atoms. The zero-order chi connectivity index (χ0) is 44.4. The number of hydrogen-bond donors (Lipinski definition) is 5. The molecule has 60 heavy (non-hydrogen) atoms. The van der Waals surface area contributed by atoms with Crippen LogP contribution in [0.5, 0.6) is 11.5 Å². The first-order valence-electron chi connectivity index (χ1n) is 22.2. The highest BCUT2D eigenvalue weighted by Gasteiger charge is 2.63. The van der Waals surface area contributed by atoms with Crippen LogP contribution in [0.25, 0.3) is 0 Å².